The Kier molecular flexibility index (Phi) is 4.33. The van der Waals surface area contributed by atoms with Gasteiger partial charge < -0.3 is 9.84 Å². The summed E-state index contributed by atoms with van der Waals surface area (Å²) in [7, 11) is 1.50. The van der Waals surface area contributed by atoms with Crippen LogP contribution in [-0.2, 0) is 11.2 Å². The Morgan fingerprint density at radius 3 is 2.88 bits per heavy atom. The molecule has 6 heteroatoms. The number of hydrogen-bond acceptors (Lipinski definition) is 5. The van der Waals surface area contributed by atoms with Crippen molar-refractivity contribution >= 4 is 5.69 Å². The molecule has 0 radical (unpaired) electrons. The van der Waals surface area contributed by atoms with Crippen LogP contribution in [0, 0.1) is 17.0 Å². The summed E-state index contributed by atoms with van der Waals surface area (Å²) in [6.07, 6.45) is 0.898. The number of nitrogens with zero attached hydrogens (tertiary/aromatic N) is 2. The van der Waals surface area contributed by atoms with Crippen molar-refractivity contribution in [1.29, 1.82) is 0 Å². The molecule has 16 heavy (non-hydrogen) atoms. The molecule has 88 valence electrons. The topological polar surface area (TPSA) is 85.5 Å². The van der Waals surface area contributed by atoms with E-state index in [2.05, 4.69) is 4.98 Å². The molecule has 0 fully saturated rings. The van der Waals surface area contributed by atoms with Gasteiger partial charge in [0.05, 0.1) is 17.6 Å². The van der Waals surface area contributed by atoms with Crippen LogP contribution in [0.2, 0.25) is 0 Å². The third-order valence-electron chi connectivity index (χ3n) is 2.14. The Balaban J connectivity index is 2.77. The van der Waals surface area contributed by atoms with Gasteiger partial charge in [0.2, 0.25) is 0 Å². The van der Waals surface area contributed by atoms with Gasteiger partial charge >= 0.3 is 0 Å². The van der Waals surface area contributed by atoms with Gasteiger partial charge in [-0.15, -0.1) is 0 Å². The fourth-order valence-electron chi connectivity index (χ4n) is 1.40. The Morgan fingerprint density at radius 1 is 1.69 bits per heavy atom. The lowest BCUT2D eigenvalue weighted by atomic mass is 10.1. The van der Waals surface area contributed by atoms with Crippen molar-refractivity contribution in [3.05, 3.63) is 33.6 Å². The molecule has 0 amide bonds. The van der Waals surface area contributed by atoms with Crippen molar-refractivity contribution in [2.45, 2.75) is 19.4 Å². The second-order valence-electron chi connectivity index (χ2n) is 3.53. The van der Waals surface area contributed by atoms with Crippen LogP contribution in [0.4, 0.5) is 5.69 Å². The van der Waals surface area contributed by atoms with Crippen LogP contribution in [0.1, 0.15) is 11.3 Å². The van der Waals surface area contributed by atoms with Gasteiger partial charge in [0, 0.05) is 24.8 Å². The standard InChI is InChI=1S/C10H14N2O4/c1-7-3-8(4-9(13)6-16-2)11-5-10(7)12(14)15/h3,5,9,13H,4,6H2,1-2H3. The second-order valence-corrected chi connectivity index (χ2v) is 3.53. The molecule has 0 saturated carbocycles. The molecular weight excluding hydrogens is 212 g/mol. The van der Waals surface area contributed by atoms with E-state index in [4.69, 9.17) is 4.74 Å². The molecule has 1 rings (SSSR count). The Bertz CT molecular complexity index is 381. The maximum absolute atomic E-state index is 10.6. The molecule has 0 aliphatic carbocycles. The van der Waals surface area contributed by atoms with Crippen LogP contribution in [-0.4, -0.2) is 34.8 Å². The van der Waals surface area contributed by atoms with E-state index in [1.165, 1.54) is 13.3 Å². The van der Waals surface area contributed by atoms with E-state index in [0.29, 0.717) is 17.7 Å². The van der Waals surface area contributed by atoms with Gasteiger partial charge in [-0.05, 0) is 13.0 Å². The minimum Gasteiger partial charge on any atom is -0.390 e. The number of ether oxygens (including phenoxy) is 1. The van der Waals surface area contributed by atoms with Gasteiger partial charge in [-0.25, -0.2) is 0 Å². The molecule has 0 bridgehead atoms. The summed E-state index contributed by atoms with van der Waals surface area (Å²) in [6.45, 7) is 1.86. The van der Waals surface area contributed by atoms with E-state index in [-0.39, 0.29) is 12.3 Å². The first-order valence-electron chi connectivity index (χ1n) is 4.81. The number of pyridine rings is 1. The highest BCUT2D eigenvalue weighted by molar-refractivity contribution is 5.37. The van der Waals surface area contributed by atoms with E-state index in [9.17, 15) is 15.2 Å². The molecule has 1 unspecified atom stereocenters. The summed E-state index contributed by atoms with van der Waals surface area (Å²) < 4.78 is 4.78. The molecule has 0 spiro atoms. The van der Waals surface area contributed by atoms with Crippen LogP contribution in [0.3, 0.4) is 0 Å². The Labute approximate surface area is 93.0 Å². The molecule has 1 aromatic rings. The van der Waals surface area contributed by atoms with E-state index in [1.54, 1.807) is 13.0 Å². The summed E-state index contributed by atoms with van der Waals surface area (Å²) in [5, 5.41) is 20.0. The van der Waals surface area contributed by atoms with E-state index in [1.807, 2.05) is 0 Å². The monoisotopic (exact) mass is 226 g/mol. The van der Waals surface area contributed by atoms with E-state index >= 15 is 0 Å². The molecule has 1 aromatic heterocycles. The largest absolute Gasteiger partial charge is 0.390 e. The van der Waals surface area contributed by atoms with Gasteiger partial charge in [0.25, 0.3) is 5.69 Å². The van der Waals surface area contributed by atoms with E-state index in [0.717, 1.165) is 0 Å². The van der Waals surface area contributed by atoms with Crippen molar-refractivity contribution in [1.82, 2.24) is 4.98 Å². The molecule has 0 aliphatic rings. The number of rotatable bonds is 5. The zero-order chi connectivity index (χ0) is 12.1. The highest BCUT2D eigenvalue weighted by Crippen LogP contribution is 2.17. The van der Waals surface area contributed by atoms with Crippen molar-refractivity contribution in [2.75, 3.05) is 13.7 Å². The molecule has 1 N–H and O–H groups in total. The van der Waals surface area contributed by atoms with Crippen LogP contribution in [0.5, 0.6) is 0 Å². The average molecular weight is 226 g/mol. The number of methoxy groups -OCH3 is 1. The lowest BCUT2D eigenvalue weighted by molar-refractivity contribution is -0.385. The second kappa shape index (κ2) is 5.53. The highest BCUT2D eigenvalue weighted by Gasteiger charge is 2.13. The third kappa shape index (κ3) is 3.25. The number of aromatic nitrogens is 1. The molecule has 0 aliphatic heterocycles. The molecular formula is C10H14N2O4. The summed E-state index contributed by atoms with van der Waals surface area (Å²) in [4.78, 5) is 14.0. The lowest BCUT2D eigenvalue weighted by Crippen LogP contribution is -2.17. The fraction of sp³-hybridized carbons (Fsp3) is 0.500. The van der Waals surface area contributed by atoms with Crippen molar-refractivity contribution in [3.8, 4) is 0 Å². The molecule has 0 saturated heterocycles. The van der Waals surface area contributed by atoms with Crippen molar-refractivity contribution in [2.24, 2.45) is 0 Å². The van der Waals surface area contributed by atoms with Gasteiger partial charge in [-0.3, -0.25) is 15.1 Å². The number of nitro groups is 1. The zero-order valence-corrected chi connectivity index (χ0v) is 9.21. The third-order valence-corrected chi connectivity index (χ3v) is 2.14. The quantitative estimate of drug-likeness (QED) is 0.594. The van der Waals surface area contributed by atoms with Crippen LogP contribution in [0.15, 0.2) is 12.3 Å². The SMILES string of the molecule is COCC(O)Cc1cc(C)c([N+](=O)[O-])cn1. The molecule has 0 aromatic carbocycles. The number of hydrogen-bond donors (Lipinski definition) is 1. The van der Waals surface area contributed by atoms with Gasteiger partial charge in [-0.1, -0.05) is 0 Å². The van der Waals surface area contributed by atoms with Gasteiger partial charge in [0.1, 0.15) is 6.20 Å². The normalized spacial score (nSPS) is 12.4. The highest BCUT2D eigenvalue weighted by atomic mass is 16.6. The first-order chi connectivity index (χ1) is 7.54. The number of aliphatic hydroxyl groups is 1. The Hall–Kier alpha value is -1.53. The maximum Gasteiger partial charge on any atom is 0.290 e. The Morgan fingerprint density at radius 2 is 2.38 bits per heavy atom. The summed E-state index contributed by atoms with van der Waals surface area (Å²) in [5.41, 5.74) is 1.15. The van der Waals surface area contributed by atoms with Crippen molar-refractivity contribution in [3.63, 3.8) is 0 Å². The first kappa shape index (κ1) is 12.5. The molecule has 1 atom stereocenters. The predicted molar refractivity (Wildman–Crippen MR) is 57.2 cm³/mol. The summed E-state index contributed by atoms with van der Waals surface area (Å²) in [6, 6.07) is 1.61. The molecule has 6 nitrogen and oxygen atoms in total. The van der Waals surface area contributed by atoms with Gasteiger partial charge in [-0.2, -0.15) is 0 Å². The van der Waals surface area contributed by atoms with Crippen LogP contribution in [0.25, 0.3) is 0 Å². The zero-order valence-electron chi connectivity index (χ0n) is 9.21. The smallest absolute Gasteiger partial charge is 0.290 e. The van der Waals surface area contributed by atoms with E-state index < -0.39 is 11.0 Å². The van der Waals surface area contributed by atoms with Crippen LogP contribution >= 0.6 is 0 Å². The van der Waals surface area contributed by atoms with Gasteiger partial charge in [0.15, 0.2) is 0 Å². The average Bonchev–Trinajstić information content (AvgIpc) is 2.17. The fourth-order valence-corrected chi connectivity index (χ4v) is 1.40. The maximum atomic E-state index is 10.6. The van der Waals surface area contributed by atoms with Crippen molar-refractivity contribution < 1.29 is 14.8 Å². The molecule has 1 heterocycles. The number of aliphatic hydroxyl groups excluding tert-OH is 1. The predicted octanol–water partition coefficient (Wildman–Crippen LogP) is 0.848. The summed E-state index contributed by atoms with van der Waals surface area (Å²) in [5.74, 6) is 0. The van der Waals surface area contributed by atoms with Crippen LogP contribution < -0.4 is 0 Å². The first-order valence-corrected chi connectivity index (χ1v) is 4.81. The summed E-state index contributed by atoms with van der Waals surface area (Å²) >= 11 is 0. The number of aryl methyl sites for hydroxylation is 1. The minimum absolute atomic E-state index is 0.00928. The lowest BCUT2D eigenvalue weighted by Gasteiger charge is -2.08. The minimum atomic E-state index is -0.640.